The molecule has 0 aliphatic rings. The first-order valence-electron chi connectivity index (χ1n) is 11.2. The number of nitrogens with zero attached hydrogens (tertiary/aromatic N) is 2. The number of anilines is 1. The minimum Gasteiger partial charge on any atom is -0.462 e. The number of nitrogens with one attached hydrogen (secondary N) is 1. The van der Waals surface area contributed by atoms with Crippen LogP contribution < -0.4 is 5.32 Å². The number of thiophene rings is 1. The molecule has 9 heteroatoms. The van der Waals surface area contributed by atoms with Crippen LogP contribution in [0.25, 0.3) is 11.1 Å². The molecule has 0 spiro atoms. The molecule has 0 fully saturated rings. The van der Waals surface area contributed by atoms with Crippen molar-refractivity contribution in [3.63, 3.8) is 0 Å². The summed E-state index contributed by atoms with van der Waals surface area (Å²) in [6.45, 7) is 6.00. The molecule has 0 aliphatic carbocycles. The van der Waals surface area contributed by atoms with Gasteiger partial charge in [-0.2, -0.15) is 0 Å². The van der Waals surface area contributed by atoms with Crippen molar-refractivity contribution in [1.29, 1.82) is 0 Å². The van der Waals surface area contributed by atoms with Crippen LogP contribution >= 0.6 is 34.7 Å². The molecule has 36 heavy (non-hydrogen) atoms. The van der Waals surface area contributed by atoms with Crippen LogP contribution in [0.15, 0.2) is 65.3 Å². The average Bonchev–Trinajstić information content (AvgIpc) is 3.28. The van der Waals surface area contributed by atoms with Gasteiger partial charge in [0.25, 0.3) is 5.91 Å². The van der Waals surface area contributed by atoms with E-state index in [-0.39, 0.29) is 17.3 Å². The maximum absolute atomic E-state index is 13.2. The van der Waals surface area contributed by atoms with E-state index in [2.05, 4.69) is 15.3 Å². The van der Waals surface area contributed by atoms with Crippen LogP contribution in [-0.2, 0) is 10.5 Å². The van der Waals surface area contributed by atoms with Crippen molar-refractivity contribution < 1.29 is 14.3 Å². The highest BCUT2D eigenvalue weighted by Gasteiger charge is 2.24. The maximum atomic E-state index is 13.2. The fourth-order valence-corrected chi connectivity index (χ4v) is 5.48. The first kappa shape index (κ1) is 25.9. The summed E-state index contributed by atoms with van der Waals surface area (Å²) in [6.07, 6.45) is 1.42. The van der Waals surface area contributed by atoms with Crippen LogP contribution in [0.5, 0.6) is 0 Å². The first-order valence-corrected chi connectivity index (χ1v) is 13.5. The van der Waals surface area contributed by atoms with Crippen LogP contribution in [0.2, 0.25) is 5.02 Å². The second kappa shape index (κ2) is 11.7. The second-order valence-corrected chi connectivity index (χ2v) is 10.2. The number of amides is 1. The van der Waals surface area contributed by atoms with E-state index in [9.17, 15) is 9.59 Å². The van der Waals surface area contributed by atoms with Crippen molar-refractivity contribution in [3.05, 3.63) is 93.1 Å². The summed E-state index contributed by atoms with van der Waals surface area (Å²) in [7, 11) is 0. The van der Waals surface area contributed by atoms with E-state index in [0.717, 1.165) is 16.7 Å². The van der Waals surface area contributed by atoms with Crippen molar-refractivity contribution in [3.8, 4) is 11.1 Å². The molecule has 0 unspecified atom stereocenters. The molecule has 2 aromatic carbocycles. The van der Waals surface area contributed by atoms with Crippen molar-refractivity contribution in [2.24, 2.45) is 0 Å². The third-order valence-electron chi connectivity index (χ3n) is 5.42. The predicted octanol–water partition coefficient (Wildman–Crippen LogP) is 7.20. The SMILES string of the molecule is CCOC(=O)c1c(-c2ccc(C)cc2)csc1NC(=O)c1nc(SCc2ccccc2C)ncc1Cl. The quantitative estimate of drug-likeness (QED) is 0.145. The molecule has 0 saturated carbocycles. The monoisotopic (exact) mass is 537 g/mol. The van der Waals surface area contributed by atoms with Gasteiger partial charge in [0.1, 0.15) is 10.6 Å². The molecular formula is C27H24ClN3O3S2. The molecule has 0 aliphatic heterocycles. The Labute approximate surface area is 223 Å². The number of esters is 1. The van der Waals surface area contributed by atoms with Crippen LogP contribution in [0, 0.1) is 13.8 Å². The Kier molecular flexibility index (Phi) is 8.40. The van der Waals surface area contributed by atoms with Crippen LogP contribution in [0.3, 0.4) is 0 Å². The minimum atomic E-state index is -0.525. The largest absolute Gasteiger partial charge is 0.462 e. The fraction of sp³-hybridized carbons (Fsp3) is 0.185. The molecule has 4 rings (SSSR count). The van der Waals surface area contributed by atoms with Gasteiger partial charge in [-0.1, -0.05) is 77.5 Å². The zero-order chi connectivity index (χ0) is 25.7. The number of hydrogen-bond acceptors (Lipinski definition) is 7. The Bertz CT molecular complexity index is 1400. The normalized spacial score (nSPS) is 10.8. The summed E-state index contributed by atoms with van der Waals surface area (Å²) in [5.74, 6) is -0.372. The summed E-state index contributed by atoms with van der Waals surface area (Å²) in [4.78, 5) is 34.7. The van der Waals surface area contributed by atoms with Gasteiger partial charge in [-0.15, -0.1) is 11.3 Å². The summed E-state index contributed by atoms with van der Waals surface area (Å²) in [5, 5.41) is 5.58. The lowest BCUT2D eigenvalue weighted by atomic mass is 10.0. The molecule has 184 valence electrons. The van der Waals surface area contributed by atoms with E-state index in [1.165, 1.54) is 34.9 Å². The van der Waals surface area contributed by atoms with Gasteiger partial charge in [-0.3, -0.25) is 4.79 Å². The van der Waals surface area contributed by atoms with E-state index >= 15 is 0 Å². The van der Waals surface area contributed by atoms with Crippen molar-refractivity contribution in [1.82, 2.24) is 9.97 Å². The first-order chi connectivity index (χ1) is 17.4. The number of carbonyl (C=O) groups excluding carboxylic acids is 2. The molecule has 0 bridgehead atoms. The highest BCUT2D eigenvalue weighted by molar-refractivity contribution is 7.98. The number of rotatable bonds is 8. The van der Waals surface area contributed by atoms with Gasteiger partial charge in [0.15, 0.2) is 10.9 Å². The van der Waals surface area contributed by atoms with E-state index in [4.69, 9.17) is 16.3 Å². The number of halogens is 1. The Morgan fingerprint density at radius 1 is 1.11 bits per heavy atom. The molecule has 2 aromatic heterocycles. The van der Waals surface area contributed by atoms with Gasteiger partial charge in [0, 0.05) is 16.7 Å². The number of carbonyl (C=O) groups is 2. The smallest absolute Gasteiger partial charge is 0.341 e. The molecular weight excluding hydrogens is 514 g/mol. The zero-order valence-electron chi connectivity index (χ0n) is 20.0. The third kappa shape index (κ3) is 5.95. The van der Waals surface area contributed by atoms with Crippen molar-refractivity contribution in [2.45, 2.75) is 31.7 Å². The number of thioether (sulfide) groups is 1. The standard InChI is InChI=1S/C27H24ClN3O3S2/c1-4-34-26(33)22-20(18-11-9-16(2)10-12-18)15-35-25(22)31-24(32)23-21(28)13-29-27(30-23)36-14-19-8-6-5-7-17(19)3/h5-13,15H,4,14H2,1-3H3,(H,31,32). The molecule has 0 saturated heterocycles. The number of aryl methyl sites for hydroxylation is 2. The minimum absolute atomic E-state index is 0.0408. The van der Waals surface area contributed by atoms with E-state index < -0.39 is 11.9 Å². The molecule has 2 heterocycles. The number of aromatic nitrogens is 2. The van der Waals surface area contributed by atoms with Crippen LogP contribution in [0.1, 0.15) is 44.5 Å². The zero-order valence-corrected chi connectivity index (χ0v) is 22.4. The van der Waals surface area contributed by atoms with Crippen LogP contribution in [0.4, 0.5) is 5.00 Å². The van der Waals surface area contributed by atoms with Crippen molar-refractivity contribution >= 4 is 51.6 Å². The average molecular weight is 538 g/mol. The molecule has 1 N–H and O–H groups in total. The summed E-state index contributed by atoms with van der Waals surface area (Å²) in [6, 6.07) is 15.9. The van der Waals surface area contributed by atoms with E-state index in [0.29, 0.717) is 27.0 Å². The Hall–Kier alpha value is -3.20. The Morgan fingerprint density at radius 2 is 1.86 bits per heavy atom. The fourth-order valence-electron chi connectivity index (χ4n) is 3.46. The molecule has 0 atom stereocenters. The molecule has 4 aromatic rings. The molecule has 6 nitrogen and oxygen atoms in total. The maximum Gasteiger partial charge on any atom is 0.341 e. The predicted molar refractivity (Wildman–Crippen MR) is 146 cm³/mol. The molecule has 1 amide bonds. The highest BCUT2D eigenvalue weighted by atomic mass is 35.5. The topological polar surface area (TPSA) is 81.2 Å². The molecule has 0 radical (unpaired) electrons. The van der Waals surface area contributed by atoms with Gasteiger partial charge < -0.3 is 10.1 Å². The lowest BCUT2D eigenvalue weighted by molar-refractivity contribution is 0.0529. The summed E-state index contributed by atoms with van der Waals surface area (Å²) >= 11 is 8.95. The van der Waals surface area contributed by atoms with E-state index in [1.807, 2.05) is 67.8 Å². The number of hydrogen-bond donors (Lipinski definition) is 1. The van der Waals surface area contributed by atoms with Gasteiger partial charge >= 0.3 is 5.97 Å². The summed E-state index contributed by atoms with van der Waals surface area (Å²) in [5.41, 5.74) is 5.33. The Morgan fingerprint density at radius 3 is 2.58 bits per heavy atom. The highest BCUT2D eigenvalue weighted by Crippen LogP contribution is 2.37. The van der Waals surface area contributed by atoms with Crippen molar-refractivity contribution in [2.75, 3.05) is 11.9 Å². The van der Waals surface area contributed by atoms with Gasteiger partial charge in [0.05, 0.1) is 17.8 Å². The lowest BCUT2D eigenvalue weighted by Crippen LogP contribution is -2.17. The van der Waals surface area contributed by atoms with Gasteiger partial charge in [-0.25, -0.2) is 14.8 Å². The second-order valence-electron chi connectivity index (χ2n) is 7.96. The third-order valence-corrected chi connectivity index (χ3v) is 7.50. The van der Waals surface area contributed by atoms with Gasteiger partial charge in [0.2, 0.25) is 0 Å². The van der Waals surface area contributed by atoms with E-state index in [1.54, 1.807) is 6.92 Å². The van der Waals surface area contributed by atoms with Crippen LogP contribution in [-0.4, -0.2) is 28.5 Å². The van der Waals surface area contributed by atoms with Gasteiger partial charge in [-0.05, 0) is 37.5 Å². The number of ether oxygens (including phenoxy) is 1. The lowest BCUT2D eigenvalue weighted by Gasteiger charge is -2.10. The summed E-state index contributed by atoms with van der Waals surface area (Å²) < 4.78 is 5.29. The number of benzene rings is 2. The Balaban J connectivity index is 1.59.